The van der Waals surface area contributed by atoms with Crippen molar-refractivity contribution in [2.24, 2.45) is 11.8 Å². The number of benzene rings is 2. The van der Waals surface area contributed by atoms with E-state index < -0.39 is 10.0 Å². The van der Waals surface area contributed by atoms with E-state index in [4.69, 9.17) is 4.74 Å². The average Bonchev–Trinajstić information content (AvgIpc) is 3.65. The number of sulfonamides is 1. The molecule has 1 saturated carbocycles. The Morgan fingerprint density at radius 1 is 1.17 bits per heavy atom. The largest absolute Gasteiger partial charge is 0.486 e. The number of fused-ring (bicyclic) bond motifs is 1. The molecule has 1 fully saturated rings. The normalized spacial score (nSPS) is 21.4. The van der Waals surface area contributed by atoms with E-state index in [9.17, 15) is 18.3 Å². The number of ether oxygens (including phenoxy) is 1. The topological polar surface area (TPSA) is 99.2 Å². The minimum absolute atomic E-state index is 0.0421. The van der Waals surface area contributed by atoms with Crippen molar-refractivity contribution in [1.82, 2.24) is 9.80 Å². The number of aliphatic hydroxyl groups excluding tert-OH is 1. The van der Waals surface area contributed by atoms with Crippen molar-refractivity contribution >= 4 is 21.6 Å². The van der Waals surface area contributed by atoms with Crippen LogP contribution in [0.15, 0.2) is 47.4 Å². The van der Waals surface area contributed by atoms with Crippen LogP contribution in [0.4, 0.5) is 5.69 Å². The molecule has 0 aromatic heterocycles. The van der Waals surface area contributed by atoms with Crippen molar-refractivity contribution in [1.29, 1.82) is 0 Å². The highest BCUT2D eigenvalue weighted by atomic mass is 32.2. The first-order chi connectivity index (χ1) is 17.1. The quantitative estimate of drug-likeness (QED) is 0.531. The molecule has 1 heterocycles. The van der Waals surface area contributed by atoms with Gasteiger partial charge >= 0.3 is 0 Å². The van der Waals surface area contributed by atoms with Crippen LogP contribution in [0.25, 0.3) is 0 Å². The summed E-state index contributed by atoms with van der Waals surface area (Å²) in [6.07, 6.45) is 2.21. The van der Waals surface area contributed by atoms with Gasteiger partial charge in [0.05, 0.1) is 28.8 Å². The van der Waals surface area contributed by atoms with E-state index in [1.54, 1.807) is 47.4 Å². The van der Waals surface area contributed by atoms with Crippen molar-refractivity contribution in [3.8, 4) is 5.75 Å². The van der Waals surface area contributed by atoms with E-state index in [-0.39, 0.29) is 52.5 Å². The molecule has 8 nitrogen and oxygen atoms in total. The molecule has 0 spiro atoms. The van der Waals surface area contributed by atoms with Crippen LogP contribution in [0.1, 0.15) is 42.6 Å². The number of amides is 1. The lowest BCUT2D eigenvalue weighted by molar-refractivity contribution is 0.0346. The molecule has 2 aromatic rings. The van der Waals surface area contributed by atoms with Gasteiger partial charge in [-0.1, -0.05) is 30.7 Å². The highest BCUT2D eigenvalue weighted by Crippen LogP contribution is 2.36. The summed E-state index contributed by atoms with van der Waals surface area (Å²) in [5.74, 6) is 0.610. The molecule has 196 valence electrons. The van der Waals surface area contributed by atoms with Gasteiger partial charge in [-0.05, 0) is 63.9 Å². The molecular weight excluding hydrogens is 478 g/mol. The summed E-state index contributed by atoms with van der Waals surface area (Å²) in [4.78, 5) is 17.6. The zero-order valence-electron chi connectivity index (χ0n) is 21.5. The number of nitrogens with one attached hydrogen (secondary N) is 1. The third kappa shape index (κ3) is 6.02. The second-order valence-electron chi connectivity index (χ2n) is 10.4. The molecule has 0 unspecified atom stereocenters. The van der Waals surface area contributed by atoms with Crippen LogP contribution < -0.4 is 9.46 Å². The van der Waals surface area contributed by atoms with Gasteiger partial charge in [0.15, 0.2) is 5.75 Å². The summed E-state index contributed by atoms with van der Waals surface area (Å²) in [6, 6.07) is 11.1. The Hall–Kier alpha value is -2.62. The Kier molecular flexibility index (Phi) is 7.92. The molecule has 1 amide bonds. The number of carbonyl (C=O) groups excluding carboxylic acids is 1. The number of aryl methyl sites for hydroxylation is 1. The van der Waals surface area contributed by atoms with Gasteiger partial charge in [-0.15, -0.1) is 0 Å². The lowest BCUT2D eigenvalue weighted by Gasteiger charge is -2.38. The van der Waals surface area contributed by atoms with E-state index in [0.29, 0.717) is 13.1 Å². The summed E-state index contributed by atoms with van der Waals surface area (Å²) in [6.45, 7) is 7.63. The van der Waals surface area contributed by atoms with Gasteiger partial charge in [-0.2, -0.15) is 0 Å². The minimum Gasteiger partial charge on any atom is -0.486 e. The van der Waals surface area contributed by atoms with E-state index in [1.165, 1.54) is 12.8 Å². The van der Waals surface area contributed by atoms with Gasteiger partial charge < -0.3 is 19.6 Å². The summed E-state index contributed by atoms with van der Waals surface area (Å²) < 4.78 is 35.6. The molecule has 0 saturated heterocycles. The van der Waals surface area contributed by atoms with Crippen LogP contribution in [0.3, 0.4) is 0 Å². The summed E-state index contributed by atoms with van der Waals surface area (Å²) in [5.41, 5.74) is 1.46. The maximum atomic E-state index is 13.6. The van der Waals surface area contributed by atoms with Gasteiger partial charge in [0.1, 0.15) is 6.10 Å². The van der Waals surface area contributed by atoms with Crippen LogP contribution in [-0.2, 0) is 10.0 Å². The minimum atomic E-state index is -3.90. The highest BCUT2D eigenvalue weighted by molar-refractivity contribution is 7.92. The first-order valence-corrected chi connectivity index (χ1v) is 14.1. The van der Waals surface area contributed by atoms with Crippen LogP contribution in [0.2, 0.25) is 0 Å². The van der Waals surface area contributed by atoms with E-state index in [2.05, 4.69) is 16.7 Å². The lowest BCUT2D eigenvalue weighted by atomic mass is 9.99. The first-order valence-electron chi connectivity index (χ1n) is 12.6. The second kappa shape index (κ2) is 10.8. The standard InChI is InChI=1S/C27H37N3O5S/c1-18-8-12-22(13-9-18)36(33,34)28-24-7-5-6-23-26(24)35-25(16-29(4)15-21-10-11-21)19(2)14-30(27(23)32)20(3)17-31/h5-9,12-13,19-21,25,28,31H,10-11,14-17H2,1-4H3/t19-,20-,25+/m1/s1. The van der Waals surface area contributed by atoms with Crippen LogP contribution in [0.5, 0.6) is 5.75 Å². The molecule has 3 atom stereocenters. The number of anilines is 1. The van der Waals surface area contributed by atoms with E-state index >= 15 is 0 Å². The SMILES string of the molecule is Cc1ccc(S(=O)(=O)Nc2cccc3c2O[C@@H](CN(C)CC2CC2)[C@H](C)CN([C@H](C)CO)C3=O)cc1. The van der Waals surface area contributed by atoms with Gasteiger partial charge in [0, 0.05) is 25.6 Å². The van der Waals surface area contributed by atoms with E-state index in [0.717, 1.165) is 18.0 Å². The van der Waals surface area contributed by atoms with Gasteiger partial charge in [0.25, 0.3) is 15.9 Å². The van der Waals surface area contributed by atoms with Gasteiger partial charge in [-0.3, -0.25) is 9.52 Å². The monoisotopic (exact) mass is 515 g/mol. The summed E-state index contributed by atoms with van der Waals surface area (Å²) in [7, 11) is -1.83. The summed E-state index contributed by atoms with van der Waals surface area (Å²) in [5, 5.41) is 9.85. The smallest absolute Gasteiger partial charge is 0.262 e. The fraction of sp³-hybridized carbons (Fsp3) is 0.519. The van der Waals surface area contributed by atoms with Gasteiger partial charge in [0.2, 0.25) is 0 Å². The third-order valence-corrected chi connectivity index (χ3v) is 8.41. The number of rotatable bonds is 9. The third-order valence-electron chi connectivity index (χ3n) is 7.03. The number of hydrogen-bond donors (Lipinski definition) is 2. The maximum absolute atomic E-state index is 13.6. The van der Waals surface area contributed by atoms with Crippen molar-refractivity contribution in [2.75, 3.05) is 38.0 Å². The lowest BCUT2D eigenvalue weighted by Crippen LogP contribution is -2.50. The number of carbonyl (C=O) groups is 1. The Morgan fingerprint density at radius 3 is 2.50 bits per heavy atom. The molecule has 0 bridgehead atoms. The number of likely N-dealkylation sites (N-methyl/N-ethyl adjacent to an activating group) is 1. The Morgan fingerprint density at radius 2 is 1.86 bits per heavy atom. The predicted molar refractivity (Wildman–Crippen MR) is 140 cm³/mol. The maximum Gasteiger partial charge on any atom is 0.262 e. The van der Waals surface area contributed by atoms with Crippen molar-refractivity contribution in [3.63, 3.8) is 0 Å². The zero-order valence-corrected chi connectivity index (χ0v) is 22.3. The predicted octanol–water partition coefficient (Wildman–Crippen LogP) is 3.36. The molecule has 36 heavy (non-hydrogen) atoms. The van der Waals surface area contributed by atoms with Crippen molar-refractivity contribution in [3.05, 3.63) is 53.6 Å². The van der Waals surface area contributed by atoms with Crippen LogP contribution in [-0.4, -0.2) is 74.7 Å². The molecule has 2 aromatic carbocycles. The molecule has 1 aliphatic heterocycles. The van der Waals surface area contributed by atoms with Crippen molar-refractivity contribution < 1.29 is 23.1 Å². The fourth-order valence-corrected chi connectivity index (χ4v) is 5.65. The summed E-state index contributed by atoms with van der Waals surface area (Å²) >= 11 is 0. The highest BCUT2D eigenvalue weighted by Gasteiger charge is 2.35. The first kappa shape index (κ1) is 26.4. The van der Waals surface area contributed by atoms with Crippen molar-refractivity contribution in [2.45, 2.75) is 50.7 Å². The van der Waals surface area contributed by atoms with Crippen LogP contribution in [0, 0.1) is 18.8 Å². The number of hydrogen-bond acceptors (Lipinski definition) is 6. The fourth-order valence-electron chi connectivity index (χ4n) is 4.59. The molecule has 2 aliphatic rings. The molecule has 2 N–H and O–H groups in total. The average molecular weight is 516 g/mol. The Labute approximate surface area is 214 Å². The molecule has 0 radical (unpaired) electrons. The number of aliphatic hydroxyl groups is 1. The van der Waals surface area contributed by atoms with Gasteiger partial charge in [-0.25, -0.2) is 8.42 Å². The Bertz CT molecular complexity index is 1180. The number of nitrogens with zero attached hydrogens (tertiary/aromatic N) is 2. The molecular formula is C27H37N3O5S. The van der Waals surface area contributed by atoms with E-state index in [1.807, 2.05) is 20.8 Å². The number of para-hydroxylation sites is 1. The molecule has 9 heteroatoms. The second-order valence-corrected chi connectivity index (χ2v) is 12.1. The van der Waals surface area contributed by atoms with Crippen LogP contribution >= 0.6 is 0 Å². The molecule has 1 aliphatic carbocycles. The molecule has 4 rings (SSSR count). The zero-order chi connectivity index (χ0) is 26.0. The Balaban J connectivity index is 1.72.